The Bertz CT molecular complexity index is 1280. The Morgan fingerprint density at radius 1 is 1.20 bits per heavy atom. The van der Waals surface area contributed by atoms with E-state index in [-0.39, 0.29) is 17.3 Å². The van der Waals surface area contributed by atoms with Gasteiger partial charge in [0.25, 0.3) is 0 Å². The van der Waals surface area contributed by atoms with E-state index in [1.165, 1.54) is 24.5 Å². The number of rotatable bonds is 5. The molecule has 8 nitrogen and oxygen atoms in total. The molecule has 1 aromatic carbocycles. The fraction of sp³-hybridized carbons (Fsp3) is 0.304. The summed E-state index contributed by atoms with van der Waals surface area (Å²) in [6, 6.07) is 2.88. The van der Waals surface area contributed by atoms with Gasteiger partial charge in [-0.1, -0.05) is 0 Å². The molecule has 0 unspecified atom stereocenters. The zero-order valence-corrected chi connectivity index (χ0v) is 18.8. The number of piperidine rings is 1. The minimum Gasteiger partial charge on any atom is -0.383 e. The van der Waals surface area contributed by atoms with Crippen LogP contribution in [-0.4, -0.2) is 38.5 Å². The van der Waals surface area contributed by atoms with Crippen molar-refractivity contribution in [1.29, 1.82) is 0 Å². The number of aryl methyl sites for hydroxylation is 1. The van der Waals surface area contributed by atoms with Crippen LogP contribution in [0, 0.1) is 5.82 Å². The summed E-state index contributed by atoms with van der Waals surface area (Å²) in [4.78, 5) is 26.1. The van der Waals surface area contributed by atoms with E-state index >= 15 is 0 Å². The van der Waals surface area contributed by atoms with Crippen molar-refractivity contribution < 1.29 is 22.4 Å². The van der Waals surface area contributed by atoms with Crippen molar-refractivity contribution in [3.63, 3.8) is 0 Å². The molecule has 1 aliphatic rings. The van der Waals surface area contributed by atoms with Crippen LogP contribution < -0.4 is 16.4 Å². The monoisotopic (exact) mass is 489 g/mol. The van der Waals surface area contributed by atoms with E-state index in [1.54, 1.807) is 17.8 Å². The first-order valence-corrected chi connectivity index (χ1v) is 10.8. The molecule has 2 aromatic heterocycles. The first kappa shape index (κ1) is 24.2. The van der Waals surface area contributed by atoms with Gasteiger partial charge in [0.1, 0.15) is 29.6 Å². The van der Waals surface area contributed by atoms with Crippen molar-refractivity contribution in [3.05, 3.63) is 59.6 Å². The summed E-state index contributed by atoms with van der Waals surface area (Å²) < 4.78 is 54.8. The molecule has 0 bridgehead atoms. The van der Waals surface area contributed by atoms with Crippen LogP contribution in [0.3, 0.4) is 0 Å². The Morgan fingerprint density at radius 2 is 1.91 bits per heavy atom. The van der Waals surface area contributed by atoms with Gasteiger partial charge < -0.3 is 20.9 Å². The number of carbonyl (C=O) groups is 1. The molecule has 1 saturated heterocycles. The van der Waals surface area contributed by atoms with Crippen molar-refractivity contribution in [2.45, 2.75) is 24.9 Å². The summed E-state index contributed by atoms with van der Waals surface area (Å²) in [6.07, 6.45) is 2.28. The van der Waals surface area contributed by atoms with Crippen molar-refractivity contribution in [3.8, 4) is 11.3 Å². The number of halogens is 4. The van der Waals surface area contributed by atoms with Gasteiger partial charge in [0.05, 0.1) is 16.8 Å². The van der Waals surface area contributed by atoms with Gasteiger partial charge in [0.2, 0.25) is 5.91 Å². The molecule has 35 heavy (non-hydrogen) atoms. The third-order valence-electron chi connectivity index (χ3n) is 5.95. The summed E-state index contributed by atoms with van der Waals surface area (Å²) in [5.74, 6) is -0.349. The Kier molecular flexibility index (Phi) is 6.46. The van der Waals surface area contributed by atoms with Gasteiger partial charge in [0, 0.05) is 43.9 Å². The summed E-state index contributed by atoms with van der Waals surface area (Å²) in [5, 5.41) is 0. The molecule has 0 spiro atoms. The van der Waals surface area contributed by atoms with Crippen molar-refractivity contribution in [1.82, 2.24) is 19.5 Å². The van der Waals surface area contributed by atoms with Crippen LogP contribution in [0.5, 0.6) is 0 Å². The predicted octanol–water partition coefficient (Wildman–Crippen LogP) is 3.50. The molecule has 1 aliphatic heterocycles. The molecule has 12 heteroatoms. The quantitative estimate of drug-likeness (QED) is 0.419. The second-order valence-electron chi connectivity index (χ2n) is 8.28. The van der Waals surface area contributed by atoms with Crippen LogP contribution in [-0.2, 0) is 18.0 Å². The molecular weight excluding hydrogens is 466 g/mol. The number of imidazole rings is 1. The van der Waals surface area contributed by atoms with E-state index in [4.69, 9.17) is 11.5 Å². The van der Waals surface area contributed by atoms with E-state index in [1.807, 2.05) is 4.90 Å². The number of alkyl halides is 3. The number of anilines is 2. The first-order valence-electron chi connectivity index (χ1n) is 10.8. The first-order chi connectivity index (χ1) is 16.5. The molecule has 3 aromatic rings. The Balaban J connectivity index is 1.53. The van der Waals surface area contributed by atoms with Gasteiger partial charge in [-0.05, 0) is 37.1 Å². The van der Waals surface area contributed by atoms with Crippen molar-refractivity contribution >= 4 is 23.6 Å². The zero-order valence-electron chi connectivity index (χ0n) is 18.8. The van der Waals surface area contributed by atoms with Gasteiger partial charge in [-0.25, -0.2) is 19.3 Å². The lowest BCUT2D eigenvalue weighted by Crippen LogP contribution is -2.34. The van der Waals surface area contributed by atoms with Crippen molar-refractivity contribution in [2.24, 2.45) is 12.8 Å². The van der Waals surface area contributed by atoms with Gasteiger partial charge >= 0.3 is 6.18 Å². The van der Waals surface area contributed by atoms with E-state index in [0.29, 0.717) is 43.0 Å². The maximum absolute atomic E-state index is 13.7. The maximum Gasteiger partial charge on any atom is 0.419 e. The van der Waals surface area contributed by atoms with Gasteiger partial charge in [-0.15, -0.1) is 0 Å². The van der Waals surface area contributed by atoms with E-state index in [9.17, 15) is 22.4 Å². The molecule has 3 heterocycles. The molecule has 0 saturated carbocycles. The largest absolute Gasteiger partial charge is 0.419 e. The molecule has 0 atom stereocenters. The lowest BCUT2D eigenvalue weighted by atomic mass is 9.95. The molecule has 0 aliphatic carbocycles. The third-order valence-corrected chi connectivity index (χ3v) is 5.95. The fourth-order valence-electron chi connectivity index (χ4n) is 4.23. The number of amides is 1. The molecule has 0 radical (unpaired) electrons. The van der Waals surface area contributed by atoms with Crippen LogP contribution in [0.2, 0.25) is 0 Å². The lowest BCUT2D eigenvalue weighted by molar-refractivity contribution is -0.140. The summed E-state index contributed by atoms with van der Waals surface area (Å²) in [5.41, 5.74) is 10.9. The molecular formula is C23H23F4N7O. The highest BCUT2D eigenvalue weighted by atomic mass is 19.4. The number of nitrogen functional groups attached to an aromatic ring is 1. The third kappa shape index (κ3) is 5.10. The molecule has 1 fully saturated rings. The van der Waals surface area contributed by atoms with Crippen LogP contribution in [0.25, 0.3) is 17.3 Å². The predicted molar refractivity (Wildman–Crippen MR) is 122 cm³/mol. The van der Waals surface area contributed by atoms with Crippen molar-refractivity contribution in [2.75, 3.05) is 23.7 Å². The molecule has 4 rings (SSSR count). The number of benzene rings is 1. The van der Waals surface area contributed by atoms with Gasteiger partial charge in [0.15, 0.2) is 0 Å². The van der Waals surface area contributed by atoms with Crippen LogP contribution >= 0.6 is 0 Å². The number of carbonyl (C=O) groups excluding carboxylic acids is 1. The summed E-state index contributed by atoms with van der Waals surface area (Å²) in [6.45, 7) is 1.21. The highest BCUT2D eigenvalue weighted by Crippen LogP contribution is 2.36. The molecule has 1 amide bonds. The minimum absolute atomic E-state index is 0.0522. The second-order valence-corrected chi connectivity index (χ2v) is 8.28. The number of nitrogens with zero attached hydrogens (tertiary/aromatic N) is 5. The number of hydrogen-bond acceptors (Lipinski definition) is 6. The number of nitrogens with two attached hydrogens (primary N) is 2. The normalized spacial score (nSPS) is 15.2. The number of hydrogen-bond donors (Lipinski definition) is 2. The SMILES string of the molecule is Cn1cc(-c2ccc(F)c(C(F)(F)F)c2)nc1C1CCN(c2ncnc(N)c2C=CC(N)=O)CC1. The summed E-state index contributed by atoms with van der Waals surface area (Å²) in [7, 11) is 1.78. The van der Waals surface area contributed by atoms with E-state index in [2.05, 4.69) is 15.0 Å². The zero-order chi connectivity index (χ0) is 25.3. The Morgan fingerprint density at radius 3 is 2.57 bits per heavy atom. The smallest absolute Gasteiger partial charge is 0.383 e. The average molecular weight is 489 g/mol. The summed E-state index contributed by atoms with van der Waals surface area (Å²) >= 11 is 0. The van der Waals surface area contributed by atoms with Crippen LogP contribution in [0.4, 0.5) is 29.2 Å². The van der Waals surface area contributed by atoms with Gasteiger partial charge in [-0.2, -0.15) is 13.2 Å². The van der Waals surface area contributed by atoms with E-state index in [0.717, 1.165) is 18.0 Å². The number of primary amides is 1. The fourth-order valence-corrected chi connectivity index (χ4v) is 4.23. The molecule has 184 valence electrons. The van der Waals surface area contributed by atoms with Gasteiger partial charge in [-0.3, -0.25) is 4.79 Å². The highest BCUT2D eigenvalue weighted by Gasteiger charge is 2.34. The Labute approximate surface area is 198 Å². The highest BCUT2D eigenvalue weighted by molar-refractivity contribution is 5.92. The minimum atomic E-state index is -4.79. The van der Waals surface area contributed by atoms with Crippen LogP contribution in [0.15, 0.2) is 36.8 Å². The lowest BCUT2D eigenvalue weighted by Gasteiger charge is -2.33. The van der Waals surface area contributed by atoms with E-state index < -0.39 is 23.5 Å². The Hall–Kier alpha value is -3.96. The second kappa shape index (κ2) is 9.35. The van der Waals surface area contributed by atoms with Crippen LogP contribution in [0.1, 0.15) is 35.7 Å². The standard InChI is InChI=1S/C23H23F4N7O/c1-33-11-18(14-2-4-17(24)16(10-14)23(25,26)27)32-21(33)13-6-8-34(9-7-13)22-15(3-5-19(28)35)20(29)30-12-31-22/h2-5,10-13H,6-9H2,1H3,(H2,28,35)(H2,29,30,31). The maximum atomic E-state index is 13.7. The average Bonchev–Trinajstić information content (AvgIpc) is 3.19. The molecule has 4 N–H and O–H groups in total. The topological polar surface area (TPSA) is 116 Å². The number of aromatic nitrogens is 4.